The van der Waals surface area contributed by atoms with Crippen molar-refractivity contribution in [3.63, 3.8) is 0 Å². The Bertz CT molecular complexity index is 1450. The molecule has 2 heterocycles. The van der Waals surface area contributed by atoms with Crippen LogP contribution in [0.15, 0.2) is 60.8 Å². The first kappa shape index (κ1) is 29.0. The summed E-state index contributed by atoms with van der Waals surface area (Å²) in [7, 11) is 1.62. The Hall–Kier alpha value is -3.99. The highest BCUT2D eigenvalue weighted by molar-refractivity contribution is 6.45. The Morgan fingerprint density at radius 3 is 2.60 bits per heavy atom. The second-order valence-corrected chi connectivity index (χ2v) is 9.53. The average molecular weight is 585 g/mol. The number of amides is 2. The lowest BCUT2D eigenvalue weighted by molar-refractivity contribution is 0.210. The third-order valence-electron chi connectivity index (χ3n) is 5.75. The number of nitrogens with zero attached hydrogens (tertiary/aromatic N) is 3. The molecule has 210 valence electrons. The second-order valence-electron chi connectivity index (χ2n) is 8.77. The number of unbranched alkanes of at least 4 members (excludes halogenated alkanes) is 1. The summed E-state index contributed by atoms with van der Waals surface area (Å²) in [5, 5.41) is 23.2. The average Bonchev–Trinajstić information content (AvgIpc) is 3.34. The number of urea groups is 1. The molecule has 12 heteroatoms. The maximum atomic E-state index is 13.0. The monoisotopic (exact) mass is 584 g/mol. The number of methoxy groups -OCH3 is 1. The van der Waals surface area contributed by atoms with Gasteiger partial charge in [0.1, 0.15) is 33.9 Å². The van der Waals surface area contributed by atoms with Crippen LogP contribution in [0.2, 0.25) is 10.0 Å². The number of benzene rings is 2. The number of ether oxygens (including phenoxy) is 2. The van der Waals surface area contributed by atoms with Crippen LogP contribution in [0.1, 0.15) is 25.5 Å². The van der Waals surface area contributed by atoms with Crippen molar-refractivity contribution in [3.8, 4) is 22.9 Å². The molecule has 2 aromatic heterocycles. The van der Waals surface area contributed by atoms with E-state index in [9.17, 15) is 9.90 Å². The van der Waals surface area contributed by atoms with Crippen LogP contribution in [0.4, 0.5) is 22.1 Å². The number of pyridine rings is 1. The van der Waals surface area contributed by atoms with E-state index >= 15 is 0 Å². The smallest absolute Gasteiger partial charge is 0.324 e. The van der Waals surface area contributed by atoms with E-state index in [4.69, 9.17) is 32.7 Å². The summed E-state index contributed by atoms with van der Waals surface area (Å²) in [5.74, 6) is 2.04. The van der Waals surface area contributed by atoms with Gasteiger partial charge < -0.3 is 25.2 Å². The largest absolute Gasteiger partial charge is 0.508 e. The number of halogens is 2. The van der Waals surface area contributed by atoms with Gasteiger partial charge in [0.05, 0.1) is 28.7 Å². The van der Waals surface area contributed by atoms with Gasteiger partial charge in [0.15, 0.2) is 0 Å². The molecule has 0 saturated heterocycles. The van der Waals surface area contributed by atoms with Gasteiger partial charge in [0, 0.05) is 32.0 Å². The Balaban J connectivity index is 1.47. The molecular formula is C28H30Cl2N6O4. The normalized spacial score (nSPS) is 10.8. The standard InChI is InChI=1S/C28H30Cl2N6O4/c1-3-4-5-18-16-25(36(35-18)19-6-8-20(37)9-7-19)34-28(38)33-22-10-11-23(27(30)26(22)29)40-21-12-13-31-24(17-21)32-14-15-39-2/h6-13,16-17,37H,3-5,14-15H2,1-2H3,(H,31,32)(H2,33,34,38). The molecule has 0 atom stereocenters. The minimum atomic E-state index is -0.533. The van der Waals surface area contributed by atoms with Crippen LogP contribution in [-0.2, 0) is 11.2 Å². The van der Waals surface area contributed by atoms with Gasteiger partial charge in [0.2, 0.25) is 0 Å². The number of rotatable bonds is 12. The van der Waals surface area contributed by atoms with Crippen LogP contribution in [0.5, 0.6) is 17.2 Å². The molecule has 0 saturated carbocycles. The maximum absolute atomic E-state index is 13.0. The highest BCUT2D eigenvalue weighted by atomic mass is 35.5. The zero-order valence-electron chi connectivity index (χ0n) is 22.1. The van der Waals surface area contributed by atoms with Gasteiger partial charge in [-0.2, -0.15) is 5.10 Å². The molecule has 0 aliphatic rings. The number of phenols is 1. The lowest BCUT2D eigenvalue weighted by Crippen LogP contribution is -2.21. The first-order chi connectivity index (χ1) is 19.4. The van der Waals surface area contributed by atoms with Gasteiger partial charge in [-0.25, -0.2) is 14.5 Å². The molecule has 4 rings (SSSR count). The summed E-state index contributed by atoms with van der Waals surface area (Å²) in [6.07, 6.45) is 4.35. The van der Waals surface area contributed by atoms with Crippen molar-refractivity contribution < 1.29 is 19.4 Å². The van der Waals surface area contributed by atoms with Gasteiger partial charge in [-0.05, 0) is 55.3 Å². The third-order valence-corrected chi connectivity index (χ3v) is 6.61. The highest BCUT2D eigenvalue weighted by Gasteiger charge is 2.17. The predicted octanol–water partition coefficient (Wildman–Crippen LogP) is 7.12. The maximum Gasteiger partial charge on any atom is 0.324 e. The molecular weight excluding hydrogens is 555 g/mol. The Morgan fingerprint density at radius 2 is 1.85 bits per heavy atom. The molecule has 4 N–H and O–H groups in total. The lowest BCUT2D eigenvalue weighted by atomic mass is 10.2. The molecule has 2 aromatic carbocycles. The lowest BCUT2D eigenvalue weighted by Gasteiger charge is -2.14. The van der Waals surface area contributed by atoms with E-state index in [-0.39, 0.29) is 15.8 Å². The van der Waals surface area contributed by atoms with Crippen LogP contribution in [0.25, 0.3) is 5.69 Å². The van der Waals surface area contributed by atoms with Crippen LogP contribution in [0.3, 0.4) is 0 Å². The van der Waals surface area contributed by atoms with E-state index < -0.39 is 6.03 Å². The molecule has 0 unspecified atom stereocenters. The number of nitrogens with one attached hydrogen (secondary N) is 3. The molecule has 0 aliphatic carbocycles. The minimum Gasteiger partial charge on any atom is -0.508 e. The SMILES string of the molecule is CCCCc1cc(NC(=O)Nc2ccc(Oc3ccnc(NCCOC)c3)c(Cl)c2Cl)n(-c2ccc(O)cc2)n1. The fourth-order valence-electron chi connectivity index (χ4n) is 3.75. The van der Waals surface area contributed by atoms with Gasteiger partial charge in [-0.1, -0.05) is 36.5 Å². The minimum absolute atomic E-state index is 0.123. The molecule has 0 radical (unpaired) electrons. The van der Waals surface area contributed by atoms with E-state index in [1.165, 1.54) is 0 Å². The fourth-order valence-corrected chi connectivity index (χ4v) is 4.15. The molecule has 2 amide bonds. The van der Waals surface area contributed by atoms with E-state index in [0.29, 0.717) is 47.7 Å². The van der Waals surface area contributed by atoms with Crippen LogP contribution in [0, 0.1) is 0 Å². The quantitative estimate of drug-likeness (QED) is 0.131. The highest BCUT2D eigenvalue weighted by Crippen LogP contribution is 2.39. The van der Waals surface area contributed by atoms with Gasteiger partial charge in [-0.3, -0.25) is 5.32 Å². The number of carbonyl (C=O) groups excluding carboxylic acids is 1. The number of aryl methyl sites for hydroxylation is 1. The van der Waals surface area contributed by atoms with Gasteiger partial charge >= 0.3 is 6.03 Å². The van der Waals surface area contributed by atoms with E-state index in [1.54, 1.807) is 66.5 Å². The first-order valence-corrected chi connectivity index (χ1v) is 13.4. The van der Waals surface area contributed by atoms with Crippen molar-refractivity contribution >= 4 is 46.6 Å². The number of anilines is 3. The summed E-state index contributed by atoms with van der Waals surface area (Å²) in [6, 6.07) is 14.5. The van der Waals surface area contributed by atoms with Crippen molar-refractivity contribution in [1.82, 2.24) is 14.8 Å². The van der Waals surface area contributed by atoms with Crippen LogP contribution < -0.4 is 20.7 Å². The number of phenolic OH excluding ortho intramolecular Hbond substituents is 1. The summed E-state index contributed by atoms with van der Waals surface area (Å²) in [4.78, 5) is 17.2. The van der Waals surface area contributed by atoms with E-state index in [1.807, 2.05) is 6.07 Å². The Labute approximate surface area is 242 Å². The molecule has 0 aliphatic heterocycles. The van der Waals surface area contributed by atoms with E-state index in [0.717, 1.165) is 25.0 Å². The van der Waals surface area contributed by atoms with Crippen molar-refractivity contribution in [2.24, 2.45) is 0 Å². The van der Waals surface area contributed by atoms with Gasteiger partial charge in [0.25, 0.3) is 0 Å². The van der Waals surface area contributed by atoms with Crippen molar-refractivity contribution in [3.05, 3.63) is 76.5 Å². The Kier molecular flexibility index (Phi) is 10.1. The molecule has 0 bridgehead atoms. The summed E-state index contributed by atoms with van der Waals surface area (Å²) >= 11 is 13.0. The number of aromatic nitrogens is 3. The van der Waals surface area contributed by atoms with E-state index in [2.05, 4.69) is 33.0 Å². The number of hydrogen-bond donors (Lipinski definition) is 4. The Morgan fingerprint density at radius 1 is 1.05 bits per heavy atom. The molecule has 40 heavy (non-hydrogen) atoms. The summed E-state index contributed by atoms with van der Waals surface area (Å²) in [6.45, 7) is 3.23. The zero-order chi connectivity index (χ0) is 28.5. The molecule has 0 spiro atoms. The van der Waals surface area contributed by atoms with Crippen molar-refractivity contribution in [2.75, 3.05) is 36.2 Å². The first-order valence-electron chi connectivity index (χ1n) is 12.7. The molecule has 10 nitrogen and oxygen atoms in total. The van der Waals surface area contributed by atoms with Crippen LogP contribution in [-0.4, -0.2) is 46.2 Å². The number of carbonyl (C=O) groups is 1. The molecule has 4 aromatic rings. The predicted molar refractivity (Wildman–Crippen MR) is 158 cm³/mol. The van der Waals surface area contributed by atoms with Crippen molar-refractivity contribution in [2.45, 2.75) is 26.2 Å². The van der Waals surface area contributed by atoms with Crippen molar-refractivity contribution in [1.29, 1.82) is 0 Å². The summed E-state index contributed by atoms with van der Waals surface area (Å²) < 4.78 is 12.6. The fraction of sp³-hybridized carbons (Fsp3) is 0.250. The topological polar surface area (TPSA) is 123 Å². The third kappa shape index (κ3) is 7.56. The van der Waals surface area contributed by atoms with Crippen LogP contribution >= 0.6 is 23.2 Å². The number of hydrogen-bond acceptors (Lipinski definition) is 7. The number of aromatic hydroxyl groups is 1. The van der Waals surface area contributed by atoms with Gasteiger partial charge in [-0.15, -0.1) is 0 Å². The molecule has 0 fully saturated rings. The second kappa shape index (κ2) is 13.9. The zero-order valence-corrected chi connectivity index (χ0v) is 23.6. The summed E-state index contributed by atoms with van der Waals surface area (Å²) in [5.41, 5.74) is 1.82.